The van der Waals surface area contributed by atoms with Gasteiger partial charge in [0.1, 0.15) is 0 Å². The Balaban J connectivity index is 1.78. The van der Waals surface area contributed by atoms with Gasteiger partial charge in [-0.1, -0.05) is 12.1 Å². The number of hydrogen-bond acceptors (Lipinski definition) is 2. The van der Waals surface area contributed by atoms with Crippen LogP contribution in [0.3, 0.4) is 0 Å². The molecule has 2 heterocycles. The Morgan fingerprint density at radius 3 is 3.00 bits per heavy atom. The Bertz CT molecular complexity index is 449. The number of carbonyl (C=O) groups is 1. The van der Waals surface area contributed by atoms with Crippen molar-refractivity contribution in [1.29, 1.82) is 0 Å². The molecule has 1 amide bonds. The van der Waals surface area contributed by atoms with Gasteiger partial charge in [-0.15, -0.1) is 0 Å². The summed E-state index contributed by atoms with van der Waals surface area (Å²) in [5, 5.41) is 3.54. The van der Waals surface area contributed by atoms with Crippen LogP contribution in [-0.2, 0) is 4.79 Å². The molecule has 3 rings (SSSR count). The van der Waals surface area contributed by atoms with Crippen molar-refractivity contribution in [2.24, 2.45) is 0 Å². The van der Waals surface area contributed by atoms with Crippen LogP contribution < -0.4 is 5.32 Å². The van der Waals surface area contributed by atoms with E-state index in [0.29, 0.717) is 24.4 Å². The van der Waals surface area contributed by atoms with Crippen LogP contribution >= 0.6 is 22.6 Å². The van der Waals surface area contributed by atoms with Crippen molar-refractivity contribution >= 4 is 34.2 Å². The predicted octanol–water partition coefficient (Wildman–Crippen LogP) is 2.47. The number of nitrogens with one attached hydrogen (secondary N) is 1. The number of nitrogens with zero attached hydrogens (tertiary/aromatic N) is 1. The lowest BCUT2D eigenvalue weighted by atomic mass is 10.1. The first-order valence-electron chi connectivity index (χ1n) is 6.06. The fourth-order valence-corrected chi connectivity index (χ4v) is 3.43. The molecular formula is C13H15IN2O. The molecule has 17 heavy (non-hydrogen) atoms. The van der Waals surface area contributed by atoms with Crippen LogP contribution in [0.15, 0.2) is 24.3 Å². The van der Waals surface area contributed by atoms with Crippen LogP contribution in [0.5, 0.6) is 0 Å². The highest BCUT2D eigenvalue weighted by molar-refractivity contribution is 14.1. The average Bonchev–Trinajstić information content (AvgIpc) is 2.88. The Kier molecular flexibility index (Phi) is 2.98. The Morgan fingerprint density at radius 1 is 1.35 bits per heavy atom. The standard InChI is InChI=1S/C13H15IN2O/c14-9-4-1-2-5-10(9)15-11-8-13(17)16-7-3-6-12(11)16/h1-2,4-5,11-12,15H,3,6-8H2. The van der Waals surface area contributed by atoms with E-state index < -0.39 is 0 Å². The van der Waals surface area contributed by atoms with Gasteiger partial charge >= 0.3 is 0 Å². The molecule has 4 heteroatoms. The summed E-state index contributed by atoms with van der Waals surface area (Å²) in [7, 11) is 0. The van der Waals surface area contributed by atoms with Crippen LogP contribution in [0.1, 0.15) is 19.3 Å². The molecule has 0 aromatic heterocycles. The second-order valence-electron chi connectivity index (χ2n) is 4.73. The zero-order chi connectivity index (χ0) is 11.8. The molecule has 1 aromatic carbocycles. The molecule has 2 unspecified atom stereocenters. The maximum Gasteiger partial charge on any atom is 0.225 e. The van der Waals surface area contributed by atoms with E-state index in [4.69, 9.17) is 0 Å². The van der Waals surface area contributed by atoms with Gasteiger partial charge in [-0.25, -0.2) is 0 Å². The highest BCUT2D eigenvalue weighted by atomic mass is 127. The number of amides is 1. The van der Waals surface area contributed by atoms with Crippen molar-refractivity contribution in [3.05, 3.63) is 27.8 Å². The lowest BCUT2D eigenvalue weighted by Gasteiger charge is -2.22. The summed E-state index contributed by atoms with van der Waals surface area (Å²) in [5.74, 6) is 0.316. The van der Waals surface area contributed by atoms with E-state index in [-0.39, 0.29) is 0 Å². The third kappa shape index (κ3) is 2.03. The van der Waals surface area contributed by atoms with Crippen molar-refractivity contribution in [2.75, 3.05) is 11.9 Å². The fraction of sp³-hybridized carbons (Fsp3) is 0.462. The zero-order valence-electron chi connectivity index (χ0n) is 9.53. The van der Waals surface area contributed by atoms with Gasteiger partial charge in [-0.05, 0) is 47.6 Å². The number of para-hydroxylation sites is 1. The van der Waals surface area contributed by atoms with Crippen LogP contribution in [0.4, 0.5) is 5.69 Å². The minimum absolute atomic E-state index is 0.293. The molecule has 2 aliphatic rings. The lowest BCUT2D eigenvalue weighted by molar-refractivity contribution is -0.127. The smallest absolute Gasteiger partial charge is 0.225 e. The summed E-state index contributed by atoms with van der Waals surface area (Å²) in [6.45, 7) is 0.952. The number of hydrogen-bond donors (Lipinski definition) is 1. The second-order valence-corrected chi connectivity index (χ2v) is 5.89. The summed E-state index contributed by atoms with van der Waals surface area (Å²) in [6.07, 6.45) is 2.95. The molecule has 0 spiro atoms. The van der Waals surface area contributed by atoms with E-state index in [0.717, 1.165) is 25.1 Å². The van der Waals surface area contributed by atoms with Crippen LogP contribution in [0, 0.1) is 3.57 Å². The molecule has 90 valence electrons. The highest BCUT2D eigenvalue weighted by Crippen LogP contribution is 2.31. The molecule has 3 nitrogen and oxygen atoms in total. The molecule has 2 atom stereocenters. The van der Waals surface area contributed by atoms with Gasteiger partial charge in [0.05, 0.1) is 12.1 Å². The molecule has 0 saturated carbocycles. The van der Waals surface area contributed by atoms with Crippen molar-refractivity contribution in [3.8, 4) is 0 Å². The monoisotopic (exact) mass is 342 g/mol. The molecule has 2 fully saturated rings. The molecule has 1 aromatic rings. The quantitative estimate of drug-likeness (QED) is 0.838. The third-order valence-electron chi connectivity index (χ3n) is 3.69. The number of halogens is 1. The van der Waals surface area contributed by atoms with Gasteiger partial charge in [-0.2, -0.15) is 0 Å². The van der Waals surface area contributed by atoms with E-state index in [1.165, 1.54) is 3.57 Å². The third-order valence-corrected chi connectivity index (χ3v) is 4.63. The van der Waals surface area contributed by atoms with Gasteiger partial charge in [0, 0.05) is 22.2 Å². The SMILES string of the molecule is O=C1CC(Nc2ccccc2I)C2CCCN12. The van der Waals surface area contributed by atoms with Crippen LogP contribution in [0.2, 0.25) is 0 Å². The topological polar surface area (TPSA) is 32.3 Å². The van der Waals surface area contributed by atoms with Crippen molar-refractivity contribution in [3.63, 3.8) is 0 Å². The Labute approximate surface area is 115 Å². The second kappa shape index (κ2) is 4.48. The molecule has 0 bridgehead atoms. The Hall–Kier alpha value is -0.780. The van der Waals surface area contributed by atoms with Crippen molar-refractivity contribution in [2.45, 2.75) is 31.3 Å². The molecular weight excluding hydrogens is 327 g/mol. The first kappa shape index (κ1) is 11.3. The van der Waals surface area contributed by atoms with Gasteiger partial charge in [0.2, 0.25) is 5.91 Å². The molecule has 2 saturated heterocycles. The number of rotatable bonds is 2. The van der Waals surface area contributed by atoms with E-state index >= 15 is 0 Å². The number of anilines is 1. The molecule has 2 aliphatic heterocycles. The van der Waals surface area contributed by atoms with Gasteiger partial charge in [0.25, 0.3) is 0 Å². The lowest BCUT2D eigenvalue weighted by Crippen LogP contribution is -2.34. The van der Waals surface area contributed by atoms with Gasteiger partial charge in [0.15, 0.2) is 0 Å². The first-order chi connectivity index (χ1) is 8.25. The van der Waals surface area contributed by atoms with Gasteiger partial charge < -0.3 is 10.2 Å². The Morgan fingerprint density at radius 2 is 2.18 bits per heavy atom. The fourth-order valence-electron chi connectivity index (χ4n) is 2.89. The summed E-state index contributed by atoms with van der Waals surface area (Å²) >= 11 is 2.33. The highest BCUT2D eigenvalue weighted by Gasteiger charge is 2.42. The van der Waals surface area contributed by atoms with Crippen LogP contribution in [0.25, 0.3) is 0 Å². The summed E-state index contributed by atoms with van der Waals surface area (Å²) in [4.78, 5) is 13.9. The van der Waals surface area contributed by atoms with E-state index in [9.17, 15) is 4.79 Å². The summed E-state index contributed by atoms with van der Waals surface area (Å²) in [5.41, 5.74) is 1.15. The first-order valence-corrected chi connectivity index (χ1v) is 7.14. The summed E-state index contributed by atoms with van der Waals surface area (Å²) in [6, 6.07) is 8.96. The van der Waals surface area contributed by atoms with Crippen molar-refractivity contribution < 1.29 is 4.79 Å². The number of benzene rings is 1. The normalized spacial score (nSPS) is 27.4. The minimum atomic E-state index is 0.293. The minimum Gasteiger partial charge on any atom is -0.379 e. The molecule has 1 N–H and O–H groups in total. The molecule has 0 aliphatic carbocycles. The number of fused-ring (bicyclic) bond motifs is 1. The maximum absolute atomic E-state index is 11.8. The van der Waals surface area contributed by atoms with Crippen molar-refractivity contribution in [1.82, 2.24) is 4.90 Å². The maximum atomic E-state index is 11.8. The predicted molar refractivity (Wildman–Crippen MR) is 75.9 cm³/mol. The van der Waals surface area contributed by atoms with E-state index in [2.05, 4.69) is 40.0 Å². The number of carbonyl (C=O) groups excluding carboxylic acids is 1. The summed E-state index contributed by atoms with van der Waals surface area (Å²) < 4.78 is 1.22. The van der Waals surface area contributed by atoms with Gasteiger partial charge in [-0.3, -0.25) is 4.79 Å². The largest absolute Gasteiger partial charge is 0.379 e. The average molecular weight is 342 g/mol. The van der Waals surface area contributed by atoms with E-state index in [1.807, 2.05) is 17.0 Å². The van der Waals surface area contributed by atoms with Crippen LogP contribution in [-0.4, -0.2) is 29.4 Å². The zero-order valence-corrected chi connectivity index (χ0v) is 11.7. The van der Waals surface area contributed by atoms with E-state index in [1.54, 1.807) is 0 Å². The molecule has 0 radical (unpaired) electrons.